The van der Waals surface area contributed by atoms with Crippen molar-refractivity contribution in [3.8, 4) is 0 Å². The van der Waals surface area contributed by atoms with Gasteiger partial charge in [-0.2, -0.15) is 0 Å². The van der Waals surface area contributed by atoms with Crippen molar-refractivity contribution in [2.75, 3.05) is 0 Å². The molecule has 0 saturated heterocycles. The Balaban J connectivity index is 2.57. The van der Waals surface area contributed by atoms with Crippen LogP contribution in [0.5, 0.6) is 0 Å². The van der Waals surface area contributed by atoms with Crippen LogP contribution in [0, 0.1) is 6.92 Å². The summed E-state index contributed by atoms with van der Waals surface area (Å²) in [5.74, 6) is 0. The van der Waals surface area contributed by atoms with Gasteiger partial charge in [0.1, 0.15) is 12.3 Å². The number of halogens is 3. The average Bonchev–Trinajstić information content (AvgIpc) is 2.40. The molecule has 86 valence electrons. The average molecular weight is 232 g/mol. The lowest BCUT2D eigenvalue weighted by Crippen LogP contribution is -2.35. The van der Waals surface area contributed by atoms with Crippen LogP contribution in [0.1, 0.15) is 5.56 Å². The maximum Gasteiger partial charge on any atom is 0.610 e. The minimum absolute atomic E-state index is 0.278. The quantitative estimate of drug-likeness (QED) is 0.690. The minimum atomic E-state index is -4.75. The Kier molecular flexibility index (Phi) is 2.25. The summed E-state index contributed by atoms with van der Waals surface area (Å²) in [6, 6.07) is 5.06. The second-order valence-electron chi connectivity index (χ2n) is 3.42. The molecule has 1 aromatic heterocycles. The van der Waals surface area contributed by atoms with Gasteiger partial charge < -0.3 is 0 Å². The molecule has 0 radical (unpaired) electrons. The predicted octanol–water partition coefficient (Wildman–Crippen LogP) is 1.12. The van der Waals surface area contributed by atoms with Gasteiger partial charge in [0.15, 0.2) is 0 Å². The largest absolute Gasteiger partial charge is 0.610 e. The SMILES string of the molecule is Cc1ccc2c(c1)n(OC(F)(F)F)n[n+]2C. The van der Waals surface area contributed by atoms with Crippen LogP contribution in [0.2, 0.25) is 0 Å². The molecule has 0 unspecified atom stereocenters. The maximum absolute atomic E-state index is 12.1. The van der Waals surface area contributed by atoms with Gasteiger partial charge in [-0.05, 0) is 24.6 Å². The van der Waals surface area contributed by atoms with Crippen molar-refractivity contribution >= 4 is 11.0 Å². The van der Waals surface area contributed by atoms with Crippen molar-refractivity contribution in [3.63, 3.8) is 0 Å². The summed E-state index contributed by atoms with van der Waals surface area (Å²) < 4.78 is 37.6. The summed E-state index contributed by atoms with van der Waals surface area (Å²) in [5.41, 5.74) is 1.68. The number of aryl methyl sites for hydroxylation is 2. The zero-order chi connectivity index (χ0) is 11.9. The molecule has 1 heterocycles. The molecule has 0 aliphatic rings. The van der Waals surface area contributed by atoms with Crippen molar-refractivity contribution in [2.45, 2.75) is 13.3 Å². The highest BCUT2D eigenvalue weighted by Gasteiger charge is 2.37. The second kappa shape index (κ2) is 3.36. The van der Waals surface area contributed by atoms with Gasteiger partial charge in [0.25, 0.3) is 0 Å². The molecule has 0 aliphatic heterocycles. The fourth-order valence-electron chi connectivity index (χ4n) is 1.44. The van der Waals surface area contributed by atoms with Crippen LogP contribution in [-0.2, 0) is 7.05 Å². The fourth-order valence-corrected chi connectivity index (χ4v) is 1.44. The van der Waals surface area contributed by atoms with Crippen molar-refractivity contribution in [1.29, 1.82) is 0 Å². The van der Waals surface area contributed by atoms with Crippen molar-refractivity contribution < 1.29 is 22.7 Å². The Morgan fingerprint density at radius 2 is 2.06 bits per heavy atom. The van der Waals surface area contributed by atoms with E-state index in [-0.39, 0.29) is 5.52 Å². The third-order valence-corrected chi connectivity index (χ3v) is 2.09. The molecule has 16 heavy (non-hydrogen) atoms. The van der Waals surface area contributed by atoms with Gasteiger partial charge in [0, 0.05) is 0 Å². The number of alkyl halides is 3. The third-order valence-electron chi connectivity index (χ3n) is 2.09. The zero-order valence-corrected chi connectivity index (χ0v) is 8.62. The Bertz CT molecular complexity index is 533. The number of benzene rings is 1. The lowest BCUT2D eigenvalue weighted by atomic mass is 10.2. The first-order chi connectivity index (χ1) is 7.37. The summed E-state index contributed by atoms with van der Waals surface area (Å²) in [5, 5.41) is 3.61. The van der Waals surface area contributed by atoms with Crippen LogP contribution in [0.25, 0.3) is 11.0 Å². The van der Waals surface area contributed by atoms with Gasteiger partial charge in [-0.3, -0.25) is 0 Å². The molecular formula is C9H9F3N3O+. The van der Waals surface area contributed by atoms with E-state index in [4.69, 9.17) is 0 Å². The standard InChI is InChI=1S/C9H9F3N3O/c1-6-3-4-7-8(5-6)15(13-14(7)2)16-9(10,11)12/h3-5H,1-2H3/q+1. The van der Waals surface area contributed by atoms with Crippen molar-refractivity contribution in [1.82, 2.24) is 10.1 Å². The summed E-state index contributed by atoms with van der Waals surface area (Å²) in [7, 11) is 1.55. The van der Waals surface area contributed by atoms with E-state index in [0.717, 1.165) is 5.56 Å². The normalized spacial score (nSPS) is 12.1. The van der Waals surface area contributed by atoms with Crippen molar-refractivity contribution in [3.05, 3.63) is 23.8 Å². The molecule has 2 rings (SSSR count). The predicted molar refractivity (Wildman–Crippen MR) is 48.3 cm³/mol. The molecular weight excluding hydrogens is 223 g/mol. The lowest BCUT2D eigenvalue weighted by Gasteiger charge is -2.00. The lowest BCUT2D eigenvalue weighted by molar-refractivity contribution is -0.712. The van der Waals surface area contributed by atoms with E-state index in [1.165, 1.54) is 4.68 Å². The number of aromatic nitrogens is 3. The summed E-state index contributed by atoms with van der Waals surface area (Å²) in [6.45, 7) is 1.78. The first-order valence-corrected chi connectivity index (χ1v) is 4.49. The number of nitrogens with zero attached hydrogens (tertiary/aromatic N) is 3. The maximum atomic E-state index is 12.1. The van der Waals surface area contributed by atoms with Crippen molar-refractivity contribution in [2.24, 2.45) is 7.05 Å². The molecule has 0 amide bonds. The fraction of sp³-hybridized carbons (Fsp3) is 0.333. The molecule has 0 N–H and O–H groups in total. The highest BCUT2D eigenvalue weighted by atomic mass is 19.4. The van der Waals surface area contributed by atoms with Gasteiger partial charge in [-0.1, -0.05) is 6.07 Å². The van der Waals surface area contributed by atoms with E-state index in [0.29, 0.717) is 10.4 Å². The Morgan fingerprint density at radius 1 is 1.38 bits per heavy atom. The van der Waals surface area contributed by atoms with Crippen LogP contribution < -0.4 is 9.52 Å². The molecule has 0 bridgehead atoms. The molecule has 0 aliphatic carbocycles. The van der Waals surface area contributed by atoms with E-state index in [1.807, 2.05) is 0 Å². The molecule has 0 atom stereocenters. The smallest absolute Gasteiger partial charge is 0.202 e. The van der Waals surface area contributed by atoms with E-state index in [9.17, 15) is 13.2 Å². The second-order valence-corrected chi connectivity index (χ2v) is 3.42. The van der Waals surface area contributed by atoms with Gasteiger partial charge in [0.05, 0.1) is 4.85 Å². The Hall–Kier alpha value is -1.79. The van der Waals surface area contributed by atoms with E-state index >= 15 is 0 Å². The van der Waals surface area contributed by atoms with Crippen LogP contribution in [0.4, 0.5) is 13.2 Å². The molecule has 4 nitrogen and oxygen atoms in total. The number of hydrogen-bond acceptors (Lipinski definition) is 2. The number of rotatable bonds is 1. The van der Waals surface area contributed by atoms with Crippen LogP contribution in [-0.4, -0.2) is 16.4 Å². The van der Waals surface area contributed by atoms with Gasteiger partial charge in [0.2, 0.25) is 11.0 Å². The van der Waals surface area contributed by atoms with Crippen LogP contribution in [0.3, 0.4) is 0 Å². The van der Waals surface area contributed by atoms with Crippen LogP contribution >= 0.6 is 0 Å². The molecule has 0 spiro atoms. The Morgan fingerprint density at radius 3 is 2.69 bits per heavy atom. The van der Waals surface area contributed by atoms with E-state index in [2.05, 4.69) is 10.1 Å². The highest BCUT2D eigenvalue weighted by molar-refractivity contribution is 5.71. The number of fused-ring (bicyclic) bond motifs is 1. The third kappa shape index (κ3) is 1.93. The van der Waals surface area contributed by atoms with E-state index in [1.54, 1.807) is 32.2 Å². The zero-order valence-electron chi connectivity index (χ0n) is 8.62. The van der Waals surface area contributed by atoms with Gasteiger partial charge >= 0.3 is 6.36 Å². The summed E-state index contributed by atoms with van der Waals surface area (Å²) >= 11 is 0. The van der Waals surface area contributed by atoms with Gasteiger partial charge in [-0.15, -0.1) is 17.9 Å². The van der Waals surface area contributed by atoms with Crippen LogP contribution in [0.15, 0.2) is 18.2 Å². The monoisotopic (exact) mass is 232 g/mol. The first-order valence-electron chi connectivity index (χ1n) is 4.49. The molecule has 1 aromatic carbocycles. The molecule has 0 saturated carbocycles. The summed E-state index contributed by atoms with van der Waals surface area (Å²) in [6.07, 6.45) is -4.75. The Labute approximate surface area is 88.8 Å². The molecule has 0 fully saturated rings. The first kappa shape index (κ1) is 10.7. The van der Waals surface area contributed by atoms with Gasteiger partial charge in [-0.25, -0.2) is 4.84 Å². The minimum Gasteiger partial charge on any atom is -0.202 e. The topological polar surface area (TPSA) is 30.9 Å². The van der Waals surface area contributed by atoms with E-state index < -0.39 is 6.36 Å². The highest BCUT2D eigenvalue weighted by Crippen LogP contribution is 2.16. The summed E-state index contributed by atoms with van der Waals surface area (Å²) in [4.78, 5) is 4.25. The molecule has 2 aromatic rings. The molecule has 7 heteroatoms. The number of hydrogen-bond donors (Lipinski definition) is 0.